The summed E-state index contributed by atoms with van der Waals surface area (Å²) in [5, 5.41) is 11.5. The fraction of sp³-hybridized carbons (Fsp3) is 0.438. The molecule has 2 aromatic rings. The van der Waals surface area contributed by atoms with Crippen LogP contribution in [0.3, 0.4) is 0 Å². The van der Waals surface area contributed by atoms with Gasteiger partial charge in [-0.15, -0.1) is 0 Å². The van der Waals surface area contributed by atoms with Gasteiger partial charge in [0.25, 0.3) is 0 Å². The van der Waals surface area contributed by atoms with E-state index in [0.717, 1.165) is 5.82 Å². The van der Waals surface area contributed by atoms with E-state index in [2.05, 4.69) is 15.3 Å². The van der Waals surface area contributed by atoms with Crippen LogP contribution in [0.1, 0.15) is 32.2 Å². The largest absolute Gasteiger partial charge is 0.496 e. The molecule has 1 aromatic heterocycles. The van der Waals surface area contributed by atoms with Crippen molar-refractivity contribution in [2.75, 3.05) is 21.3 Å². The van der Waals surface area contributed by atoms with Gasteiger partial charge in [-0.25, -0.2) is 0 Å². The maximum atomic E-state index is 5.42. The van der Waals surface area contributed by atoms with Crippen molar-refractivity contribution in [3.05, 3.63) is 28.3 Å². The van der Waals surface area contributed by atoms with Crippen molar-refractivity contribution in [1.82, 2.24) is 14.9 Å². The van der Waals surface area contributed by atoms with Crippen LogP contribution >= 0.6 is 12.2 Å². The third kappa shape index (κ3) is 3.59. The monoisotopic (exact) mass is 350 g/mol. The van der Waals surface area contributed by atoms with Crippen molar-refractivity contribution in [3.8, 4) is 17.2 Å². The minimum absolute atomic E-state index is 0.209. The number of ether oxygens (including phenoxy) is 3. The van der Waals surface area contributed by atoms with E-state index in [9.17, 15) is 0 Å². The number of methoxy groups -OCH3 is 3. The molecule has 0 saturated carbocycles. The van der Waals surface area contributed by atoms with E-state index in [1.165, 1.54) is 0 Å². The van der Waals surface area contributed by atoms with Gasteiger partial charge < -0.3 is 14.2 Å². The number of aromatic amines is 1. The minimum Gasteiger partial charge on any atom is -0.496 e. The highest BCUT2D eigenvalue weighted by atomic mass is 32.1. The van der Waals surface area contributed by atoms with Crippen LogP contribution in [0.25, 0.3) is 0 Å². The molecule has 0 radical (unpaired) electrons. The third-order valence-electron chi connectivity index (χ3n) is 3.38. The second kappa shape index (κ2) is 7.04. The first-order valence-corrected chi connectivity index (χ1v) is 7.75. The molecule has 1 aromatic carbocycles. The van der Waals surface area contributed by atoms with Crippen molar-refractivity contribution in [3.63, 3.8) is 0 Å². The first-order valence-electron chi connectivity index (χ1n) is 7.34. The Labute approximate surface area is 146 Å². The summed E-state index contributed by atoms with van der Waals surface area (Å²) in [4.78, 5) is 0. The van der Waals surface area contributed by atoms with E-state index >= 15 is 0 Å². The molecule has 0 atom stereocenters. The van der Waals surface area contributed by atoms with Crippen LogP contribution in [0.5, 0.6) is 17.2 Å². The zero-order valence-corrected chi connectivity index (χ0v) is 15.5. The lowest BCUT2D eigenvalue weighted by atomic mass is 9.96. The summed E-state index contributed by atoms with van der Waals surface area (Å²) in [6.07, 6.45) is 1.64. The topological polar surface area (TPSA) is 73.7 Å². The number of hydrogen-bond acceptors (Lipinski definition) is 6. The zero-order chi connectivity index (χ0) is 17.9. The Morgan fingerprint density at radius 3 is 2.17 bits per heavy atom. The molecule has 0 spiro atoms. The standard InChI is InChI=1S/C16H22N4O3S/c1-16(2,3)14-18-19-15(24)20(14)17-9-11-12(22-5)7-10(21-4)8-13(11)23-6/h7-9H,1-6H3,(H,19,24)/b17-9-. The van der Waals surface area contributed by atoms with Gasteiger partial charge in [0.2, 0.25) is 4.77 Å². The molecule has 0 aliphatic heterocycles. The quantitative estimate of drug-likeness (QED) is 0.662. The number of hydrogen-bond donors (Lipinski definition) is 1. The molecule has 1 N–H and O–H groups in total. The molecule has 8 heteroatoms. The van der Waals surface area contributed by atoms with E-state index < -0.39 is 0 Å². The molecule has 0 bridgehead atoms. The summed E-state index contributed by atoms with van der Waals surface area (Å²) >= 11 is 5.27. The predicted octanol–water partition coefficient (Wildman–Crippen LogP) is 3.15. The lowest BCUT2D eigenvalue weighted by molar-refractivity contribution is 0.374. The molecule has 0 saturated heterocycles. The van der Waals surface area contributed by atoms with Crippen molar-refractivity contribution >= 4 is 18.4 Å². The number of nitrogens with zero attached hydrogens (tertiary/aromatic N) is 3. The van der Waals surface area contributed by atoms with Crippen LogP contribution < -0.4 is 14.2 Å². The summed E-state index contributed by atoms with van der Waals surface area (Å²) in [5.41, 5.74) is 0.475. The first-order chi connectivity index (χ1) is 11.3. The van der Waals surface area contributed by atoms with Gasteiger partial charge in [0, 0.05) is 17.5 Å². The Balaban J connectivity index is 2.54. The fourth-order valence-electron chi connectivity index (χ4n) is 2.16. The van der Waals surface area contributed by atoms with E-state index in [1.807, 2.05) is 20.8 Å². The molecule has 0 amide bonds. The molecular formula is C16H22N4O3S. The molecular weight excluding hydrogens is 328 g/mol. The number of benzene rings is 1. The number of H-pyrrole nitrogens is 1. The van der Waals surface area contributed by atoms with Crippen LogP contribution in [0.4, 0.5) is 0 Å². The summed E-state index contributed by atoms with van der Waals surface area (Å²) in [5.74, 6) is 2.54. The van der Waals surface area contributed by atoms with Crippen LogP contribution in [0, 0.1) is 4.77 Å². The normalized spacial score (nSPS) is 11.8. The van der Waals surface area contributed by atoms with Crippen LogP contribution in [-0.4, -0.2) is 42.4 Å². The molecule has 0 fully saturated rings. The lowest BCUT2D eigenvalue weighted by Gasteiger charge is -2.16. The molecule has 130 valence electrons. The predicted molar refractivity (Wildman–Crippen MR) is 95.2 cm³/mol. The van der Waals surface area contributed by atoms with Crippen molar-refractivity contribution in [2.45, 2.75) is 26.2 Å². The van der Waals surface area contributed by atoms with Gasteiger partial charge in [-0.3, -0.25) is 5.10 Å². The second-order valence-electron chi connectivity index (χ2n) is 6.10. The summed E-state index contributed by atoms with van der Waals surface area (Å²) in [6.45, 7) is 6.12. The molecule has 24 heavy (non-hydrogen) atoms. The number of nitrogens with one attached hydrogen (secondary N) is 1. The summed E-state index contributed by atoms with van der Waals surface area (Å²) in [6, 6.07) is 3.53. The summed E-state index contributed by atoms with van der Waals surface area (Å²) in [7, 11) is 4.74. The Hall–Kier alpha value is -2.35. The first kappa shape index (κ1) is 18.0. The Kier molecular flexibility index (Phi) is 5.28. The van der Waals surface area contributed by atoms with E-state index in [1.54, 1.807) is 44.4 Å². The number of rotatable bonds is 5. The summed E-state index contributed by atoms with van der Waals surface area (Å²) < 4.78 is 18.1. The fourth-order valence-corrected chi connectivity index (χ4v) is 2.34. The van der Waals surface area contributed by atoms with Gasteiger partial charge in [0.15, 0.2) is 5.82 Å². The maximum Gasteiger partial charge on any atom is 0.216 e. The van der Waals surface area contributed by atoms with Gasteiger partial charge in [0.1, 0.15) is 17.2 Å². The van der Waals surface area contributed by atoms with Crippen LogP contribution in [0.15, 0.2) is 17.2 Å². The Bertz CT molecular complexity index is 777. The molecule has 0 aliphatic rings. The third-order valence-corrected chi connectivity index (χ3v) is 3.64. The SMILES string of the molecule is COc1cc(OC)c(/C=N\n2c(C(C)(C)C)n[nH]c2=S)c(OC)c1. The molecule has 7 nitrogen and oxygen atoms in total. The van der Waals surface area contributed by atoms with Gasteiger partial charge in [-0.05, 0) is 12.2 Å². The van der Waals surface area contributed by atoms with E-state index in [0.29, 0.717) is 27.6 Å². The Morgan fingerprint density at radius 1 is 1.12 bits per heavy atom. The highest BCUT2D eigenvalue weighted by Gasteiger charge is 2.21. The smallest absolute Gasteiger partial charge is 0.216 e. The second-order valence-corrected chi connectivity index (χ2v) is 6.49. The van der Waals surface area contributed by atoms with Gasteiger partial charge in [-0.1, -0.05) is 20.8 Å². The zero-order valence-electron chi connectivity index (χ0n) is 14.7. The molecule has 0 aliphatic carbocycles. The minimum atomic E-state index is -0.209. The number of aromatic nitrogens is 3. The van der Waals surface area contributed by atoms with Crippen LogP contribution in [0.2, 0.25) is 0 Å². The van der Waals surface area contributed by atoms with Crippen molar-refractivity contribution < 1.29 is 14.2 Å². The maximum absolute atomic E-state index is 5.42. The van der Waals surface area contributed by atoms with Gasteiger partial charge >= 0.3 is 0 Å². The van der Waals surface area contributed by atoms with E-state index in [-0.39, 0.29) is 5.41 Å². The highest BCUT2D eigenvalue weighted by Crippen LogP contribution is 2.32. The lowest BCUT2D eigenvalue weighted by Crippen LogP contribution is -2.17. The Morgan fingerprint density at radius 2 is 1.71 bits per heavy atom. The van der Waals surface area contributed by atoms with Gasteiger partial charge in [0.05, 0.1) is 33.1 Å². The van der Waals surface area contributed by atoms with Crippen LogP contribution in [-0.2, 0) is 5.41 Å². The average molecular weight is 350 g/mol. The molecule has 2 rings (SSSR count). The average Bonchev–Trinajstić information content (AvgIpc) is 2.93. The highest BCUT2D eigenvalue weighted by molar-refractivity contribution is 7.71. The van der Waals surface area contributed by atoms with Crippen molar-refractivity contribution in [1.29, 1.82) is 0 Å². The van der Waals surface area contributed by atoms with Crippen molar-refractivity contribution in [2.24, 2.45) is 5.10 Å². The molecule has 0 unspecified atom stereocenters. The van der Waals surface area contributed by atoms with E-state index in [4.69, 9.17) is 26.4 Å². The van der Waals surface area contributed by atoms with Gasteiger partial charge in [-0.2, -0.15) is 14.9 Å². The molecule has 1 heterocycles.